The van der Waals surface area contributed by atoms with E-state index in [1.54, 1.807) is 0 Å². The first-order chi connectivity index (χ1) is 5.30. The molecule has 4 heteroatoms. The Hall–Kier alpha value is -1.71. The third-order valence-electron chi connectivity index (χ3n) is 1.05. The Morgan fingerprint density at radius 1 is 1.27 bits per heavy atom. The molecule has 0 unspecified atom stereocenters. The summed E-state index contributed by atoms with van der Waals surface area (Å²) < 4.78 is 8.88. The van der Waals surface area contributed by atoms with Crippen LogP contribution < -0.4 is 5.73 Å². The average Bonchev–Trinajstić information content (AvgIpc) is 1.84. The van der Waals surface area contributed by atoms with Crippen molar-refractivity contribution in [1.82, 2.24) is 0 Å². The second-order valence-corrected chi connectivity index (χ2v) is 1.81. The molecule has 1 heterocycles. The van der Waals surface area contributed by atoms with E-state index in [0.29, 0.717) is 5.56 Å². The summed E-state index contributed by atoms with van der Waals surface area (Å²) in [6, 6.07) is 4.47. The van der Waals surface area contributed by atoms with E-state index in [4.69, 9.17) is 5.73 Å². The van der Waals surface area contributed by atoms with Crippen molar-refractivity contribution in [2.24, 2.45) is 5.73 Å². The zero-order chi connectivity index (χ0) is 8.10. The fourth-order valence-electron chi connectivity index (χ4n) is 0.560. The van der Waals surface area contributed by atoms with Gasteiger partial charge in [0.25, 0.3) is 0 Å². The molecule has 1 aromatic rings. The number of carbonyl (C=O) groups is 1. The number of primary amides is 1. The molecule has 2 N–H and O–H groups in total. The summed E-state index contributed by atoms with van der Waals surface area (Å²) in [4.78, 5) is 10.6. The monoisotopic (exact) mass is 153 g/mol. The summed E-state index contributed by atoms with van der Waals surface area (Å²) in [5.74, 6) is -0.503. The van der Waals surface area contributed by atoms with E-state index in [2.05, 4.69) is 9.15 Å². The van der Waals surface area contributed by atoms with E-state index >= 15 is 0 Å². The van der Waals surface area contributed by atoms with Crippen LogP contribution in [-0.2, 0) is 0 Å². The van der Waals surface area contributed by atoms with Crippen molar-refractivity contribution in [3.8, 4) is 0 Å². The first-order valence-electron chi connectivity index (χ1n) is 2.96. The van der Waals surface area contributed by atoms with Crippen molar-refractivity contribution in [2.75, 3.05) is 0 Å². The predicted octanol–water partition coefficient (Wildman–Crippen LogP) is 1.10. The number of hydrogen-bond acceptors (Lipinski definition) is 3. The van der Waals surface area contributed by atoms with Gasteiger partial charge in [0.1, 0.15) is 12.5 Å². The van der Waals surface area contributed by atoms with Crippen LogP contribution in [0.3, 0.4) is 0 Å². The Bertz CT molecular complexity index is 266. The van der Waals surface area contributed by atoms with Gasteiger partial charge in [0.05, 0.1) is 0 Å². The Labute approximate surface area is 62.9 Å². The lowest BCUT2D eigenvalue weighted by Gasteiger charge is -1.87. The van der Waals surface area contributed by atoms with Crippen molar-refractivity contribution in [3.63, 3.8) is 0 Å². The van der Waals surface area contributed by atoms with Crippen LogP contribution in [0, 0.1) is 0 Å². The van der Waals surface area contributed by atoms with Crippen LogP contribution in [0.5, 0.6) is 0 Å². The summed E-state index contributed by atoms with van der Waals surface area (Å²) in [7, 11) is 0. The SMILES string of the molecule is NC(=O)c1cccoocc1. The maximum Gasteiger partial charge on any atom is 0.248 e. The molecular weight excluding hydrogens is 146 g/mol. The third kappa shape index (κ3) is 2.17. The van der Waals surface area contributed by atoms with Gasteiger partial charge < -0.3 is 5.73 Å². The quantitative estimate of drug-likeness (QED) is 0.614. The molecule has 0 saturated carbocycles. The molecule has 0 aromatic carbocycles. The Morgan fingerprint density at radius 2 is 2.00 bits per heavy atom. The first-order valence-corrected chi connectivity index (χ1v) is 2.96. The molecule has 0 bridgehead atoms. The van der Waals surface area contributed by atoms with Gasteiger partial charge in [-0.25, -0.2) is 0 Å². The molecule has 0 spiro atoms. The fourth-order valence-corrected chi connectivity index (χ4v) is 0.560. The topological polar surface area (TPSA) is 69.4 Å². The maximum atomic E-state index is 10.6. The molecule has 1 rings (SSSR count). The summed E-state index contributed by atoms with van der Waals surface area (Å²) in [5.41, 5.74) is 5.36. The third-order valence-corrected chi connectivity index (χ3v) is 1.05. The Morgan fingerprint density at radius 3 is 2.73 bits per heavy atom. The maximum absolute atomic E-state index is 10.6. The van der Waals surface area contributed by atoms with E-state index in [0.717, 1.165) is 0 Å². The number of carbonyl (C=O) groups excluding carboxylic acids is 1. The standard InChI is InChI=1S/C7H7NO3/c8-7(9)6-2-1-4-10-11-5-3-6/h1-5H,(H2,8,9). The second kappa shape index (κ2) is 3.46. The summed E-state index contributed by atoms with van der Waals surface area (Å²) >= 11 is 0. The van der Waals surface area contributed by atoms with Crippen LogP contribution in [-0.4, -0.2) is 5.91 Å². The number of nitrogens with two attached hydrogens (primary N) is 1. The average molecular weight is 153 g/mol. The van der Waals surface area contributed by atoms with Crippen LogP contribution in [0.1, 0.15) is 10.4 Å². The number of rotatable bonds is 1. The van der Waals surface area contributed by atoms with Crippen molar-refractivity contribution in [3.05, 3.63) is 36.3 Å². The molecule has 0 atom stereocenters. The van der Waals surface area contributed by atoms with Gasteiger partial charge in [0.15, 0.2) is 0 Å². The molecular formula is C7H7NO3. The molecule has 0 aliphatic rings. The molecule has 4 nitrogen and oxygen atoms in total. The van der Waals surface area contributed by atoms with Gasteiger partial charge in [-0.05, 0) is 18.2 Å². The minimum absolute atomic E-state index is 0.365. The molecule has 0 aliphatic carbocycles. The van der Waals surface area contributed by atoms with Gasteiger partial charge in [-0.3, -0.25) is 13.9 Å². The Kier molecular flexibility index (Phi) is 2.32. The normalized spacial score (nSPS) is 8.73. The molecule has 1 aromatic heterocycles. The van der Waals surface area contributed by atoms with E-state index in [-0.39, 0.29) is 0 Å². The fraction of sp³-hybridized carbons (Fsp3) is 0. The summed E-state index contributed by atoms with van der Waals surface area (Å²) in [5, 5.41) is 0. The lowest BCUT2D eigenvalue weighted by Crippen LogP contribution is -2.09. The van der Waals surface area contributed by atoms with E-state index in [1.165, 1.54) is 30.7 Å². The van der Waals surface area contributed by atoms with Gasteiger partial charge in [-0.1, -0.05) is 0 Å². The highest BCUT2D eigenvalue weighted by Crippen LogP contribution is 1.93. The highest BCUT2D eigenvalue weighted by Gasteiger charge is 1.93. The largest absolute Gasteiger partial charge is 0.366 e. The van der Waals surface area contributed by atoms with E-state index < -0.39 is 5.91 Å². The van der Waals surface area contributed by atoms with Crippen molar-refractivity contribution in [2.45, 2.75) is 0 Å². The molecule has 58 valence electrons. The first kappa shape index (κ1) is 7.40. The highest BCUT2D eigenvalue weighted by molar-refractivity contribution is 5.92. The molecule has 0 fully saturated rings. The molecule has 0 aliphatic heterocycles. The highest BCUT2D eigenvalue weighted by atomic mass is 17.0. The number of amides is 1. The smallest absolute Gasteiger partial charge is 0.248 e. The van der Waals surface area contributed by atoms with Crippen LogP contribution in [0.2, 0.25) is 0 Å². The zero-order valence-electron chi connectivity index (χ0n) is 5.69. The van der Waals surface area contributed by atoms with Crippen LogP contribution in [0.4, 0.5) is 0 Å². The molecule has 0 saturated heterocycles. The van der Waals surface area contributed by atoms with Gasteiger partial charge in [0, 0.05) is 5.56 Å². The molecule has 1 amide bonds. The lowest BCUT2D eigenvalue weighted by atomic mass is 10.3. The summed E-state index contributed by atoms with van der Waals surface area (Å²) in [6.45, 7) is 0. The van der Waals surface area contributed by atoms with Gasteiger partial charge >= 0.3 is 0 Å². The van der Waals surface area contributed by atoms with Gasteiger partial charge in [0.2, 0.25) is 5.91 Å². The van der Waals surface area contributed by atoms with E-state index in [1.807, 2.05) is 0 Å². The van der Waals surface area contributed by atoms with E-state index in [9.17, 15) is 4.79 Å². The van der Waals surface area contributed by atoms with Crippen molar-refractivity contribution < 1.29 is 13.9 Å². The number of hydrogen-bond donors (Lipinski definition) is 1. The van der Waals surface area contributed by atoms with Gasteiger partial charge in [-0.2, -0.15) is 0 Å². The van der Waals surface area contributed by atoms with Crippen LogP contribution in [0.15, 0.2) is 39.9 Å². The summed E-state index contributed by atoms with van der Waals surface area (Å²) in [6.07, 6.45) is 2.53. The van der Waals surface area contributed by atoms with Crippen LogP contribution in [0.25, 0.3) is 0 Å². The predicted molar refractivity (Wildman–Crippen MR) is 37.1 cm³/mol. The lowest BCUT2D eigenvalue weighted by molar-refractivity contribution is 0.0476. The molecule has 0 radical (unpaired) electrons. The minimum Gasteiger partial charge on any atom is -0.366 e. The Balaban J connectivity index is 3.12. The van der Waals surface area contributed by atoms with Crippen LogP contribution >= 0.6 is 0 Å². The molecule has 11 heavy (non-hydrogen) atoms. The zero-order valence-corrected chi connectivity index (χ0v) is 5.69. The van der Waals surface area contributed by atoms with Crippen molar-refractivity contribution in [1.29, 1.82) is 0 Å². The second-order valence-electron chi connectivity index (χ2n) is 1.81. The minimum atomic E-state index is -0.503. The van der Waals surface area contributed by atoms with Gasteiger partial charge in [-0.15, -0.1) is 0 Å². The van der Waals surface area contributed by atoms with Crippen molar-refractivity contribution >= 4 is 5.91 Å².